The maximum Gasteiger partial charge on any atom is 0.271 e. The summed E-state index contributed by atoms with van der Waals surface area (Å²) in [7, 11) is 0. The predicted octanol–water partition coefficient (Wildman–Crippen LogP) is 3.32. The molecule has 3 N–H and O–H groups in total. The van der Waals surface area contributed by atoms with Gasteiger partial charge in [0.25, 0.3) is 5.91 Å². The maximum absolute atomic E-state index is 12.1. The molecular weight excluding hydrogens is 536 g/mol. The van der Waals surface area contributed by atoms with Crippen LogP contribution in [-0.2, 0) is 4.79 Å². The van der Waals surface area contributed by atoms with Crippen molar-refractivity contribution in [1.29, 1.82) is 0 Å². The molecule has 0 aliphatic carbocycles. The van der Waals surface area contributed by atoms with Crippen molar-refractivity contribution in [3.8, 4) is 5.75 Å². The summed E-state index contributed by atoms with van der Waals surface area (Å²) in [5, 5.41) is 16.3. The quantitative estimate of drug-likeness (QED) is 0.311. The van der Waals surface area contributed by atoms with Gasteiger partial charge >= 0.3 is 0 Å². The van der Waals surface area contributed by atoms with E-state index in [4.69, 9.17) is 0 Å². The molecule has 24 heavy (non-hydrogen) atoms. The number of anilines is 1. The molecule has 0 atom stereocenters. The fraction of sp³-hybridized carbons (Fsp3) is 0.0625. The number of nitrogens with one attached hydrogen (secondary N) is 2. The topological polar surface area (TPSA) is 90.8 Å². The van der Waals surface area contributed by atoms with Crippen LogP contribution in [0.5, 0.6) is 5.75 Å². The van der Waals surface area contributed by atoms with Gasteiger partial charge in [-0.15, -0.1) is 0 Å². The maximum atomic E-state index is 12.1. The van der Waals surface area contributed by atoms with E-state index < -0.39 is 0 Å². The van der Waals surface area contributed by atoms with E-state index in [9.17, 15) is 14.7 Å². The minimum absolute atomic E-state index is 0.206. The number of aromatic hydroxyl groups is 1. The molecule has 8 heteroatoms. The Kier molecular flexibility index (Phi) is 6.54. The molecule has 2 amide bonds. The molecule has 0 fully saturated rings. The Hall–Kier alpha value is -1.69. The molecule has 0 spiro atoms. The van der Waals surface area contributed by atoms with E-state index in [1.54, 1.807) is 36.4 Å². The van der Waals surface area contributed by atoms with Gasteiger partial charge in [0, 0.05) is 18.2 Å². The first kappa shape index (κ1) is 18.6. The van der Waals surface area contributed by atoms with E-state index in [1.807, 2.05) is 45.2 Å². The lowest BCUT2D eigenvalue weighted by atomic mass is 10.2. The predicted molar refractivity (Wildman–Crippen MR) is 109 cm³/mol. The van der Waals surface area contributed by atoms with Gasteiger partial charge in [0.15, 0.2) is 0 Å². The first-order valence-electron chi connectivity index (χ1n) is 6.76. The second kappa shape index (κ2) is 8.42. The zero-order chi connectivity index (χ0) is 17.7. The highest BCUT2D eigenvalue weighted by molar-refractivity contribution is 14.1. The molecule has 0 aromatic heterocycles. The number of phenols is 1. The highest BCUT2D eigenvalue weighted by atomic mass is 127. The summed E-state index contributed by atoms with van der Waals surface area (Å²) in [6.45, 7) is 1.40. The van der Waals surface area contributed by atoms with Crippen molar-refractivity contribution >= 4 is 68.9 Å². The molecule has 0 aliphatic rings. The third-order valence-corrected chi connectivity index (χ3v) is 4.51. The number of hydrogen-bond donors (Lipinski definition) is 3. The summed E-state index contributed by atoms with van der Waals surface area (Å²) < 4.78 is 1.41. The van der Waals surface area contributed by atoms with Gasteiger partial charge in [-0.1, -0.05) is 6.07 Å². The number of hydrogen-bond acceptors (Lipinski definition) is 4. The van der Waals surface area contributed by atoms with Gasteiger partial charge in [0.2, 0.25) is 5.91 Å². The van der Waals surface area contributed by atoms with Crippen LogP contribution in [0.15, 0.2) is 41.5 Å². The molecule has 124 valence electrons. The minimum atomic E-state index is -0.387. The molecule has 6 nitrogen and oxygen atoms in total. The van der Waals surface area contributed by atoms with Crippen molar-refractivity contribution < 1.29 is 14.7 Å². The van der Waals surface area contributed by atoms with Crippen LogP contribution in [0, 0.1) is 7.14 Å². The molecule has 2 aromatic rings. The van der Waals surface area contributed by atoms with Gasteiger partial charge in [-0.25, -0.2) is 5.43 Å². The largest absolute Gasteiger partial charge is 0.506 e. The third kappa shape index (κ3) is 5.16. The number of halogens is 2. The van der Waals surface area contributed by atoms with Crippen LogP contribution in [0.4, 0.5) is 5.69 Å². The zero-order valence-electron chi connectivity index (χ0n) is 12.5. The first-order chi connectivity index (χ1) is 11.4. The summed E-state index contributed by atoms with van der Waals surface area (Å²) in [6.07, 6.45) is 1.50. The molecule has 0 radical (unpaired) electrons. The number of benzene rings is 2. The van der Waals surface area contributed by atoms with E-state index in [0.717, 1.165) is 5.56 Å². The Balaban J connectivity index is 2.06. The van der Waals surface area contributed by atoms with Crippen LogP contribution >= 0.6 is 45.2 Å². The summed E-state index contributed by atoms with van der Waals surface area (Å²) in [6, 6.07) is 10.1. The van der Waals surface area contributed by atoms with Gasteiger partial charge in [0.05, 0.1) is 13.4 Å². The third-order valence-electron chi connectivity index (χ3n) is 2.86. The lowest BCUT2D eigenvalue weighted by Gasteiger charge is -2.05. The molecule has 2 rings (SSSR count). The SMILES string of the molecule is CC(=O)Nc1cccc(C(=O)N/N=C\c2cc(I)c(O)c(I)c2)c1. The zero-order valence-corrected chi connectivity index (χ0v) is 16.8. The normalized spacial score (nSPS) is 10.6. The number of rotatable bonds is 4. The van der Waals surface area contributed by atoms with Crippen LogP contribution in [0.2, 0.25) is 0 Å². The lowest BCUT2D eigenvalue weighted by molar-refractivity contribution is -0.114. The van der Waals surface area contributed by atoms with Gasteiger partial charge in [-0.05, 0) is 81.1 Å². The van der Waals surface area contributed by atoms with Gasteiger partial charge in [0.1, 0.15) is 5.75 Å². The van der Waals surface area contributed by atoms with Crippen LogP contribution in [0.25, 0.3) is 0 Å². The van der Waals surface area contributed by atoms with Crippen LogP contribution < -0.4 is 10.7 Å². The molecule has 2 aromatic carbocycles. The summed E-state index contributed by atoms with van der Waals surface area (Å²) in [4.78, 5) is 23.1. The van der Waals surface area contributed by atoms with Gasteiger partial charge in [-0.3, -0.25) is 9.59 Å². The van der Waals surface area contributed by atoms with Crippen molar-refractivity contribution in [2.45, 2.75) is 6.92 Å². The molecule has 0 unspecified atom stereocenters. The fourth-order valence-electron chi connectivity index (χ4n) is 1.83. The Morgan fingerprint density at radius 1 is 1.17 bits per heavy atom. The smallest absolute Gasteiger partial charge is 0.271 e. The number of phenolic OH excluding ortho intramolecular Hbond substituents is 1. The number of hydrazone groups is 1. The second-order valence-electron chi connectivity index (χ2n) is 4.79. The standard InChI is InChI=1S/C16H13I2N3O3/c1-9(22)20-12-4-2-3-11(7-12)16(24)21-19-8-10-5-13(17)15(23)14(18)6-10/h2-8,23H,1H3,(H,20,22)(H,21,24)/b19-8-. The average Bonchev–Trinajstić information content (AvgIpc) is 2.52. The summed E-state index contributed by atoms with van der Waals surface area (Å²) in [5.74, 6) is -0.365. The van der Waals surface area contributed by atoms with E-state index in [0.29, 0.717) is 18.4 Å². The van der Waals surface area contributed by atoms with Crippen molar-refractivity contribution in [2.75, 3.05) is 5.32 Å². The lowest BCUT2D eigenvalue weighted by Crippen LogP contribution is -2.18. The van der Waals surface area contributed by atoms with E-state index >= 15 is 0 Å². The summed E-state index contributed by atoms with van der Waals surface area (Å²) in [5.41, 5.74) is 4.12. The van der Waals surface area contributed by atoms with E-state index in [2.05, 4.69) is 15.8 Å². The molecule has 0 bridgehead atoms. The van der Waals surface area contributed by atoms with Crippen molar-refractivity contribution in [3.63, 3.8) is 0 Å². The Morgan fingerprint density at radius 3 is 2.46 bits per heavy atom. The molecule has 0 saturated carbocycles. The van der Waals surface area contributed by atoms with Crippen molar-refractivity contribution in [1.82, 2.24) is 5.43 Å². The Bertz CT molecular complexity index is 799. The van der Waals surface area contributed by atoms with Crippen LogP contribution in [0.3, 0.4) is 0 Å². The second-order valence-corrected chi connectivity index (χ2v) is 7.12. The van der Waals surface area contributed by atoms with E-state index in [1.165, 1.54) is 13.1 Å². The van der Waals surface area contributed by atoms with Crippen LogP contribution in [0.1, 0.15) is 22.8 Å². The molecule has 0 saturated heterocycles. The minimum Gasteiger partial charge on any atom is -0.506 e. The van der Waals surface area contributed by atoms with Gasteiger partial charge < -0.3 is 10.4 Å². The molecular formula is C16H13I2N3O3. The highest BCUT2D eigenvalue weighted by Crippen LogP contribution is 2.26. The molecule has 0 heterocycles. The van der Waals surface area contributed by atoms with Crippen LogP contribution in [-0.4, -0.2) is 23.1 Å². The number of nitrogens with zero attached hydrogens (tertiary/aromatic N) is 1. The first-order valence-corrected chi connectivity index (χ1v) is 8.91. The van der Waals surface area contributed by atoms with Crippen molar-refractivity contribution in [3.05, 3.63) is 54.7 Å². The Morgan fingerprint density at radius 2 is 1.83 bits per heavy atom. The van der Waals surface area contributed by atoms with E-state index in [-0.39, 0.29) is 17.6 Å². The number of carbonyl (C=O) groups is 2. The van der Waals surface area contributed by atoms with Gasteiger partial charge in [-0.2, -0.15) is 5.10 Å². The van der Waals surface area contributed by atoms with Crippen molar-refractivity contribution in [2.24, 2.45) is 5.10 Å². The Labute approximate surface area is 166 Å². The molecule has 0 aliphatic heterocycles. The summed E-state index contributed by atoms with van der Waals surface area (Å²) >= 11 is 4.05. The average molecular weight is 549 g/mol. The fourth-order valence-corrected chi connectivity index (χ4v) is 3.65. The number of amides is 2. The monoisotopic (exact) mass is 549 g/mol. The number of carbonyl (C=O) groups excluding carboxylic acids is 2. The highest BCUT2D eigenvalue weighted by Gasteiger charge is 2.07.